The van der Waals surface area contributed by atoms with Crippen LogP contribution in [0.4, 0.5) is 0 Å². The van der Waals surface area contributed by atoms with Crippen LogP contribution in [0.15, 0.2) is 0 Å². The van der Waals surface area contributed by atoms with Crippen LogP contribution in [-0.4, -0.2) is 35.0 Å². The molecule has 4 nitrogen and oxygen atoms in total. The van der Waals surface area contributed by atoms with Crippen LogP contribution in [0.2, 0.25) is 0 Å². The summed E-state index contributed by atoms with van der Waals surface area (Å²) < 4.78 is 0. The van der Waals surface area contributed by atoms with Crippen LogP contribution in [0.3, 0.4) is 0 Å². The first kappa shape index (κ1) is 16.3. The maximum atomic E-state index is 12.2. The number of rotatable bonds is 5. The van der Waals surface area contributed by atoms with Crippen LogP contribution in [-0.2, 0) is 9.59 Å². The number of aliphatic carboxylic acids is 1. The molecule has 1 N–H and O–H groups in total. The van der Waals surface area contributed by atoms with E-state index < -0.39 is 11.4 Å². The van der Waals surface area contributed by atoms with Crippen LogP contribution in [0.5, 0.6) is 0 Å². The third-order valence-electron chi connectivity index (χ3n) is 5.46. The lowest BCUT2D eigenvalue weighted by molar-refractivity contribution is -0.153. The van der Waals surface area contributed by atoms with E-state index >= 15 is 0 Å². The van der Waals surface area contributed by atoms with Crippen LogP contribution in [0.25, 0.3) is 0 Å². The van der Waals surface area contributed by atoms with E-state index in [2.05, 4.69) is 0 Å². The van der Waals surface area contributed by atoms with Crippen molar-refractivity contribution >= 4 is 11.9 Å². The largest absolute Gasteiger partial charge is 0.481 e. The summed E-state index contributed by atoms with van der Waals surface area (Å²) in [6.07, 6.45) is 10.8. The van der Waals surface area contributed by atoms with Crippen LogP contribution in [0, 0.1) is 11.3 Å². The molecular formula is C17H29NO3. The van der Waals surface area contributed by atoms with E-state index in [1.807, 2.05) is 4.90 Å². The van der Waals surface area contributed by atoms with Gasteiger partial charge in [-0.25, -0.2) is 0 Å². The maximum absolute atomic E-state index is 12.2. The Morgan fingerprint density at radius 3 is 2.33 bits per heavy atom. The van der Waals surface area contributed by atoms with Crippen molar-refractivity contribution in [2.75, 3.05) is 13.1 Å². The topological polar surface area (TPSA) is 57.6 Å². The first-order valence-corrected chi connectivity index (χ1v) is 8.52. The van der Waals surface area contributed by atoms with E-state index in [0.717, 1.165) is 12.3 Å². The average Bonchev–Trinajstić information content (AvgIpc) is 2.49. The summed E-state index contributed by atoms with van der Waals surface area (Å²) in [5, 5.41) is 9.20. The highest BCUT2D eigenvalue weighted by Gasteiger charge is 2.37. The Morgan fingerprint density at radius 1 is 1.14 bits per heavy atom. The van der Waals surface area contributed by atoms with Crippen molar-refractivity contribution < 1.29 is 14.7 Å². The number of amides is 1. The number of carbonyl (C=O) groups is 2. The second kappa shape index (κ2) is 7.28. The minimum absolute atomic E-state index is 0.221. The number of hydrogen-bond acceptors (Lipinski definition) is 2. The molecule has 0 unspecified atom stereocenters. The van der Waals surface area contributed by atoms with Gasteiger partial charge in [0.1, 0.15) is 0 Å². The van der Waals surface area contributed by atoms with E-state index in [4.69, 9.17) is 0 Å². The van der Waals surface area contributed by atoms with Gasteiger partial charge in [0.15, 0.2) is 0 Å². The lowest BCUT2D eigenvalue weighted by Crippen LogP contribution is -2.45. The van der Waals surface area contributed by atoms with E-state index in [1.165, 1.54) is 38.5 Å². The van der Waals surface area contributed by atoms with Gasteiger partial charge in [0.25, 0.3) is 0 Å². The Kier molecular flexibility index (Phi) is 5.65. The molecule has 1 saturated carbocycles. The summed E-state index contributed by atoms with van der Waals surface area (Å²) in [4.78, 5) is 25.3. The number of hydrogen-bond donors (Lipinski definition) is 1. The van der Waals surface area contributed by atoms with Crippen molar-refractivity contribution in [3.05, 3.63) is 0 Å². The maximum Gasteiger partial charge on any atom is 0.309 e. The first-order chi connectivity index (χ1) is 10.0. The standard InChI is InChI=1S/C17H29NO3/c1-17(16(20)21)10-12-18(13-11-17)15(19)9-5-8-14-6-3-2-4-7-14/h14H,2-13H2,1H3,(H,20,21). The van der Waals surface area contributed by atoms with Gasteiger partial charge in [0.05, 0.1) is 5.41 Å². The highest BCUT2D eigenvalue weighted by molar-refractivity contribution is 5.78. The van der Waals surface area contributed by atoms with Gasteiger partial charge in [0, 0.05) is 19.5 Å². The number of carboxylic acid groups (broad SMARTS) is 1. The molecule has 1 saturated heterocycles. The predicted molar refractivity (Wildman–Crippen MR) is 82.0 cm³/mol. The van der Waals surface area contributed by atoms with Crippen molar-refractivity contribution in [1.29, 1.82) is 0 Å². The minimum atomic E-state index is -0.730. The summed E-state index contributed by atoms with van der Waals surface area (Å²) in [5.41, 5.74) is -0.640. The Bertz CT molecular complexity index is 366. The van der Waals surface area contributed by atoms with Crippen molar-refractivity contribution in [3.63, 3.8) is 0 Å². The SMILES string of the molecule is CC1(C(=O)O)CCN(C(=O)CCCC2CCCCC2)CC1. The van der Waals surface area contributed by atoms with Crippen LogP contribution in [0.1, 0.15) is 71.1 Å². The molecule has 0 radical (unpaired) electrons. The molecule has 0 spiro atoms. The molecular weight excluding hydrogens is 266 g/mol. The van der Waals surface area contributed by atoms with Crippen LogP contribution >= 0.6 is 0 Å². The average molecular weight is 295 g/mol. The molecule has 120 valence electrons. The van der Waals surface area contributed by atoms with E-state index in [9.17, 15) is 14.7 Å². The van der Waals surface area contributed by atoms with Gasteiger partial charge in [-0.15, -0.1) is 0 Å². The molecule has 1 aliphatic heterocycles. The number of carboxylic acids is 1. The molecule has 0 aromatic rings. The predicted octanol–water partition coefficient (Wildman–Crippen LogP) is 3.45. The Labute approximate surface area is 127 Å². The fourth-order valence-electron chi connectivity index (χ4n) is 3.64. The number of piperidine rings is 1. The smallest absolute Gasteiger partial charge is 0.309 e. The van der Waals surface area contributed by atoms with Gasteiger partial charge >= 0.3 is 5.97 Å². The Morgan fingerprint density at radius 2 is 1.76 bits per heavy atom. The number of likely N-dealkylation sites (tertiary alicyclic amines) is 1. The fraction of sp³-hybridized carbons (Fsp3) is 0.882. The molecule has 4 heteroatoms. The number of carbonyl (C=O) groups excluding carboxylic acids is 1. The molecule has 2 fully saturated rings. The summed E-state index contributed by atoms with van der Waals surface area (Å²) in [6, 6.07) is 0. The highest BCUT2D eigenvalue weighted by atomic mass is 16.4. The third kappa shape index (κ3) is 4.45. The lowest BCUT2D eigenvalue weighted by atomic mass is 9.80. The molecule has 1 heterocycles. The summed E-state index contributed by atoms with van der Waals surface area (Å²) in [6.45, 7) is 3.00. The van der Waals surface area contributed by atoms with Crippen molar-refractivity contribution in [3.8, 4) is 0 Å². The third-order valence-corrected chi connectivity index (χ3v) is 5.46. The first-order valence-electron chi connectivity index (χ1n) is 8.52. The zero-order valence-electron chi connectivity index (χ0n) is 13.3. The van der Waals surface area contributed by atoms with E-state index in [0.29, 0.717) is 32.4 Å². The molecule has 1 aliphatic carbocycles. The molecule has 21 heavy (non-hydrogen) atoms. The zero-order chi connectivity index (χ0) is 15.3. The van der Waals surface area contributed by atoms with Gasteiger partial charge in [-0.05, 0) is 38.5 Å². The monoisotopic (exact) mass is 295 g/mol. The quantitative estimate of drug-likeness (QED) is 0.845. The molecule has 2 aliphatic rings. The Hall–Kier alpha value is -1.06. The molecule has 0 aromatic carbocycles. The minimum Gasteiger partial charge on any atom is -0.481 e. The fourth-order valence-corrected chi connectivity index (χ4v) is 3.64. The van der Waals surface area contributed by atoms with Crippen molar-refractivity contribution in [1.82, 2.24) is 4.90 Å². The van der Waals surface area contributed by atoms with Gasteiger partial charge in [-0.3, -0.25) is 9.59 Å². The summed E-state index contributed by atoms with van der Waals surface area (Å²) in [5.74, 6) is 0.327. The molecule has 0 atom stereocenters. The van der Waals surface area contributed by atoms with E-state index in [-0.39, 0.29) is 5.91 Å². The lowest BCUT2D eigenvalue weighted by Gasteiger charge is -2.36. The summed E-state index contributed by atoms with van der Waals surface area (Å²) in [7, 11) is 0. The van der Waals surface area contributed by atoms with E-state index in [1.54, 1.807) is 6.92 Å². The summed E-state index contributed by atoms with van der Waals surface area (Å²) >= 11 is 0. The Balaban J connectivity index is 1.66. The van der Waals surface area contributed by atoms with Crippen molar-refractivity contribution in [2.45, 2.75) is 71.1 Å². The van der Waals surface area contributed by atoms with Crippen LogP contribution < -0.4 is 0 Å². The highest BCUT2D eigenvalue weighted by Crippen LogP contribution is 2.32. The molecule has 2 rings (SSSR count). The van der Waals surface area contributed by atoms with Gasteiger partial charge in [-0.2, -0.15) is 0 Å². The van der Waals surface area contributed by atoms with Crippen molar-refractivity contribution in [2.24, 2.45) is 11.3 Å². The second-order valence-corrected chi connectivity index (χ2v) is 7.14. The molecule has 0 bridgehead atoms. The zero-order valence-corrected chi connectivity index (χ0v) is 13.3. The molecule has 1 amide bonds. The number of nitrogens with zero attached hydrogens (tertiary/aromatic N) is 1. The second-order valence-electron chi connectivity index (χ2n) is 7.14. The van der Waals surface area contributed by atoms with Gasteiger partial charge < -0.3 is 10.0 Å². The van der Waals surface area contributed by atoms with Gasteiger partial charge in [0.2, 0.25) is 5.91 Å². The van der Waals surface area contributed by atoms with Gasteiger partial charge in [-0.1, -0.05) is 32.1 Å². The molecule has 0 aromatic heterocycles. The normalized spacial score (nSPS) is 23.0.